The summed E-state index contributed by atoms with van der Waals surface area (Å²) in [6.07, 6.45) is 1.14. The smallest absolute Gasteiger partial charge is 0.258 e. The number of hydrogen-bond donors (Lipinski definition) is 2. The predicted octanol–water partition coefficient (Wildman–Crippen LogP) is 2.87. The van der Waals surface area contributed by atoms with Gasteiger partial charge in [0.05, 0.1) is 0 Å². The minimum Gasteiger partial charge on any atom is -0.484 e. The molecule has 0 radical (unpaired) electrons. The number of nitrogens with zero attached hydrogens (tertiary/aromatic N) is 1. The van der Waals surface area contributed by atoms with Crippen molar-refractivity contribution >= 4 is 30.7 Å². The predicted molar refractivity (Wildman–Crippen MR) is 109 cm³/mol. The van der Waals surface area contributed by atoms with Gasteiger partial charge in [-0.1, -0.05) is 12.1 Å². The highest BCUT2D eigenvalue weighted by atomic mass is 35.5. The first-order chi connectivity index (χ1) is 10.8. The Balaban J connectivity index is 0. The molecule has 0 unspecified atom stereocenters. The Hall–Kier alpha value is -1.01. The standard InChI is InChI=1S/C18H31N3O2.2ClH/c1-18(2,3)20-17(22)14-23-16-9-7-15(8-10-16)13-19-11-6-12-21(4)5;;/h7-10,19H,6,11-14H2,1-5H3,(H,20,22);2*1H. The SMILES string of the molecule is CN(C)CCCNCc1ccc(OCC(=O)NC(C)(C)C)cc1.Cl.Cl. The van der Waals surface area contributed by atoms with Crippen LogP contribution in [0.15, 0.2) is 24.3 Å². The minimum atomic E-state index is -0.234. The molecule has 0 spiro atoms. The van der Waals surface area contributed by atoms with Gasteiger partial charge >= 0.3 is 0 Å². The second-order valence-corrected chi connectivity index (χ2v) is 7.06. The molecular formula is C18H33Cl2N3O2. The number of nitrogens with one attached hydrogen (secondary N) is 2. The Labute approximate surface area is 164 Å². The number of benzene rings is 1. The molecular weight excluding hydrogens is 361 g/mol. The molecule has 0 atom stereocenters. The van der Waals surface area contributed by atoms with Crippen molar-refractivity contribution in [3.8, 4) is 5.75 Å². The molecule has 0 bridgehead atoms. The number of rotatable bonds is 9. The summed E-state index contributed by atoms with van der Waals surface area (Å²) in [7, 11) is 4.17. The van der Waals surface area contributed by atoms with Crippen molar-refractivity contribution in [2.24, 2.45) is 0 Å². The lowest BCUT2D eigenvalue weighted by atomic mass is 10.1. The molecule has 1 aromatic carbocycles. The van der Waals surface area contributed by atoms with Crippen LogP contribution in [0.25, 0.3) is 0 Å². The van der Waals surface area contributed by atoms with Gasteiger partial charge in [0.1, 0.15) is 5.75 Å². The molecule has 2 N–H and O–H groups in total. The number of carbonyl (C=O) groups excluding carboxylic acids is 1. The minimum absolute atomic E-state index is 0. The first-order valence-corrected chi connectivity index (χ1v) is 8.14. The van der Waals surface area contributed by atoms with E-state index in [1.807, 2.05) is 45.0 Å². The second kappa shape index (κ2) is 13.2. The lowest BCUT2D eigenvalue weighted by Crippen LogP contribution is -2.43. The third-order valence-corrected chi connectivity index (χ3v) is 3.10. The van der Waals surface area contributed by atoms with E-state index in [0.717, 1.165) is 26.1 Å². The molecule has 146 valence electrons. The van der Waals surface area contributed by atoms with E-state index in [9.17, 15) is 4.79 Å². The maximum atomic E-state index is 11.7. The van der Waals surface area contributed by atoms with E-state index in [0.29, 0.717) is 5.75 Å². The van der Waals surface area contributed by atoms with Crippen LogP contribution < -0.4 is 15.4 Å². The van der Waals surface area contributed by atoms with Crippen LogP contribution in [0.3, 0.4) is 0 Å². The zero-order chi connectivity index (χ0) is 17.3. The Kier molecular flexibility index (Phi) is 13.9. The summed E-state index contributed by atoms with van der Waals surface area (Å²) >= 11 is 0. The van der Waals surface area contributed by atoms with Crippen LogP contribution in [0.5, 0.6) is 5.75 Å². The van der Waals surface area contributed by atoms with E-state index in [2.05, 4.69) is 29.6 Å². The van der Waals surface area contributed by atoms with Crippen LogP contribution in [-0.4, -0.2) is 50.1 Å². The highest BCUT2D eigenvalue weighted by molar-refractivity contribution is 5.85. The Bertz CT molecular complexity index is 474. The van der Waals surface area contributed by atoms with Crippen molar-refractivity contribution in [1.29, 1.82) is 0 Å². The number of carbonyl (C=O) groups is 1. The number of amides is 1. The lowest BCUT2D eigenvalue weighted by Gasteiger charge is -2.20. The van der Waals surface area contributed by atoms with Crippen molar-refractivity contribution in [3.63, 3.8) is 0 Å². The van der Waals surface area contributed by atoms with E-state index < -0.39 is 0 Å². The van der Waals surface area contributed by atoms with Crippen molar-refractivity contribution in [2.75, 3.05) is 33.8 Å². The summed E-state index contributed by atoms with van der Waals surface area (Å²) in [6, 6.07) is 7.86. The summed E-state index contributed by atoms with van der Waals surface area (Å²) < 4.78 is 5.50. The first-order valence-electron chi connectivity index (χ1n) is 8.14. The highest BCUT2D eigenvalue weighted by Crippen LogP contribution is 2.12. The summed E-state index contributed by atoms with van der Waals surface area (Å²) in [5.74, 6) is 0.606. The van der Waals surface area contributed by atoms with Crippen molar-refractivity contribution < 1.29 is 9.53 Å². The molecule has 1 rings (SSSR count). The van der Waals surface area contributed by atoms with E-state index in [-0.39, 0.29) is 42.9 Å². The maximum Gasteiger partial charge on any atom is 0.258 e. The molecule has 1 amide bonds. The van der Waals surface area contributed by atoms with Gasteiger partial charge in [0.25, 0.3) is 5.91 Å². The summed E-state index contributed by atoms with van der Waals surface area (Å²) in [6.45, 7) is 8.83. The molecule has 0 aliphatic rings. The van der Waals surface area contributed by atoms with Gasteiger partial charge in [0.2, 0.25) is 0 Å². The van der Waals surface area contributed by atoms with Crippen LogP contribution in [0.4, 0.5) is 0 Å². The van der Waals surface area contributed by atoms with Crippen LogP contribution in [0.2, 0.25) is 0 Å². The number of ether oxygens (including phenoxy) is 1. The molecule has 0 saturated carbocycles. The molecule has 25 heavy (non-hydrogen) atoms. The van der Waals surface area contributed by atoms with E-state index in [1.54, 1.807) is 0 Å². The van der Waals surface area contributed by atoms with Crippen LogP contribution >= 0.6 is 24.8 Å². The zero-order valence-corrected chi connectivity index (χ0v) is 17.6. The molecule has 0 aliphatic heterocycles. The normalized spacial score (nSPS) is 10.6. The topological polar surface area (TPSA) is 53.6 Å². The molecule has 0 heterocycles. The monoisotopic (exact) mass is 393 g/mol. The third kappa shape index (κ3) is 13.9. The van der Waals surface area contributed by atoms with E-state index >= 15 is 0 Å². The van der Waals surface area contributed by atoms with Gasteiger partial charge in [-0.3, -0.25) is 4.79 Å². The van der Waals surface area contributed by atoms with Gasteiger partial charge in [-0.15, -0.1) is 24.8 Å². The molecule has 0 saturated heterocycles. The van der Waals surface area contributed by atoms with Gasteiger partial charge in [-0.2, -0.15) is 0 Å². The van der Waals surface area contributed by atoms with E-state index in [1.165, 1.54) is 5.56 Å². The average Bonchev–Trinajstić information content (AvgIpc) is 2.44. The lowest BCUT2D eigenvalue weighted by molar-refractivity contribution is -0.124. The molecule has 0 fully saturated rings. The second-order valence-electron chi connectivity index (χ2n) is 7.06. The summed E-state index contributed by atoms with van der Waals surface area (Å²) in [4.78, 5) is 13.9. The number of hydrogen-bond acceptors (Lipinski definition) is 4. The Morgan fingerprint density at radius 3 is 2.24 bits per heavy atom. The van der Waals surface area contributed by atoms with Crippen LogP contribution in [0, 0.1) is 0 Å². The molecule has 7 heteroatoms. The molecule has 0 aliphatic carbocycles. The zero-order valence-electron chi connectivity index (χ0n) is 15.9. The molecule has 0 aromatic heterocycles. The summed E-state index contributed by atoms with van der Waals surface area (Å²) in [5, 5.41) is 6.29. The van der Waals surface area contributed by atoms with Crippen molar-refractivity contribution in [3.05, 3.63) is 29.8 Å². The first kappa shape index (κ1) is 26.2. The van der Waals surface area contributed by atoms with Gasteiger partial charge in [0, 0.05) is 12.1 Å². The number of halogens is 2. The fraction of sp³-hybridized carbons (Fsp3) is 0.611. The van der Waals surface area contributed by atoms with Crippen LogP contribution in [0.1, 0.15) is 32.8 Å². The Morgan fingerprint density at radius 2 is 1.72 bits per heavy atom. The fourth-order valence-corrected chi connectivity index (χ4v) is 2.06. The van der Waals surface area contributed by atoms with Crippen LogP contribution in [-0.2, 0) is 11.3 Å². The van der Waals surface area contributed by atoms with Gasteiger partial charge in [0.15, 0.2) is 6.61 Å². The highest BCUT2D eigenvalue weighted by Gasteiger charge is 2.13. The largest absolute Gasteiger partial charge is 0.484 e. The van der Waals surface area contributed by atoms with Crippen molar-refractivity contribution in [2.45, 2.75) is 39.3 Å². The maximum absolute atomic E-state index is 11.7. The quantitative estimate of drug-likeness (QED) is 0.633. The van der Waals surface area contributed by atoms with Crippen molar-refractivity contribution in [1.82, 2.24) is 15.5 Å². The van der Waals surface area contributed by atoms with Gasteiger partial charge in [-0.25, -0.2) is 0 Å². The average molecular weight is 394 g/mol. The third-order valence-electron chi connectivity index (χ3n) is 3.10. The van der Waals surface area contributed by atoms with Gasteiger partial charge < -0.3 is 20.3 Å². The van der Waals surface area contributed by atoms with E-state index in [4.69, 9.17) is 4.74 Å². The summed E-state index contributed by atoms with van der Waals surface area (Å²) in [5.41, 5.74) is 0.976. The molecule has 1 aromatic rings. The fourth-order valence-electron chi connectivity index (χ4n) is 2.06. The van der Waals surface area contributed by atoms with Gasteiger partial charge in [-0.05, 0) is 72.1 Å². The Morgan fingerprint density at radius 1 is 1.12 bits per heavy atom. The molecule has 5 nitrogen and oxygen atoms in total.